The second-order valence-electron chi connectivity index (χ2n) is 5.70. The summed E-state index contributed by atoms with van der Waals surface area (Å²) in [7, 11) is 0. The summed E-state index contributed by atoms with van der Waals surface area (Å²) in [6.07, 6.45) is 3.43. The maximum absolute atomic E-state index is 11.5. The fourth-order valence-electron chi connectivity index (χ4n) is 2.25. The van der Waals surface area contributed by atoms with Gasteiger partial charge in [-0.1, -0.05) is 32.4 Å². The van der Waals surface area contributed by atoms with Gasteiger partial charge < -0.3 is 10.1 Å². The van der Waals surface area contributed by atoms with Crippen LogP contribution in [0.1, 0.15) is 44.7 Å². The molecular weight excluding hydrogens is 268 g/mol. The Morgan fingerprint density at radius 2 is 1.86 bits per heavy atom. The summed E-state index contributed by atoms with van der Waals surface area (Å²) in [5, 5.41) is 4.79. The Bertz CT molecular complexity index is 497. The van der Waals surface area contributed by atoms with Crippen molar-refractivity contribution >= 4 is 11.9 Å². The first-order valence-corrected chi connectivity index (χ1v) is 7.40. The molecule has 5 nitrogen and oxygen atoms in total. The van der Waals surface area contributed by atoms with Gasteiger partial charge in [-0.25, -0.2) is 4.79 Å². The smallest absolute Gasteiger partial charge is 0.322 e. The Hall–Kier alpha value is -2.04. The predicted octanol–water partition coefficient (Wildman–Crippen LogP) is 2.77. The van der Waals surface area contributed by atoms with Crippen LogP contribution in [0.4, 0.5) is 4.79 Å². The zero-order valence-corrected chi connectivity index (χ0v) is 12.5. The average Bonchev–Trinajstić information content (AvgIpc) is 2.78. The number of hydrogen-bond acceptors (Lipinski definition) is 3. The van der Waals surface area contributed by atoms with Crippen LogP contribution in [0.5, 0.6) is 5.75 Å². The molecule has 0 radical (unpaired) electrons. The van der Waals surface area contributed by atoms with Crippen molar-refractivity contribution in [3.63, 3.8) is 0 Å². The predicted molar refractivity (Wildman–Crippen MR) is 80.0 cm³/mol. The molecular formula is C16H22N2O3. The van der Waals surface area contributed by atoms with Crippen LogP contribution in [0, 0.1) is 5.92 Å². The van der Waals surface area contributed by atoms with Gasteiger partial charge in [0.2, 0.25) is 0 Å². The SMILES string of the molecule is CC(C)CCCCOc1ccc(C2NC(=O)NC2=O)cc1. The number of nitrogens with one attached hydrogen (secondary N) is 2. The fourth-order valence-corrected chi connectivity index (χ4v) is 2.25. The van der Waals surface area contributed by atoms with Gasteiger partial charge >= 0.3 is 6.03 Å². The third kappa shape index (κ3) is 4.48. The van der Waals surface area contributed by atoms with Crippen LogP contribution in [-0.2, 0) is 4.79 Å². The lowest BCUT2D eigenvalue weighted by Gasteiger charge is -2.10. The molecule has 0 aromatic heterocycles. The van der Waals surface area contributed by atoms with E-state index in [1.807, 2.05) is 12.1 Å². The Balaban J connectivity index is 1.79. The third-order valence-electron chi connectivity index (χ3n) is 3.43. The van der Waals surface area contributed by atoms with Crippen LogP contribution in [-0.4, -0.2) is 18.5 Å². The highest BCUT2D eigenvalue weighted by Gasteiger charge is 2.30. The molecule has 0 saturated carbocycles. The molecule has 1 atom stereocenters. The zero-order chi connectivity index (χ0) is 15.2. The van der Waals surface area contributed by atoms with Crippen molar-refractivity contribution in [2.75, 3.05) is 6.61 Å². The van der Waals surface area contributed by atoms with E-state index < -0.39 is 12.1 Å². The number of carbonyl (C=O) groups is 2. The molecule has 1 aliphatic rings. The maximum atomic E-state index is 11.5. The standard InChI is InChI=1S/C16H22N2O3/c1-11(2)5-3-4-10-21-13-8-6-12(7-9-13)14-15(19)18-16(20)17-14/h6-9,11,14H,3-5,10H2,1-2H3,(H2,17,18,19,20). The van der Waals surface area contributed by atoms with E-state index in [2.05, 4.69) is 24.5 Å². The van der Waals surface area contributed by atoms with Crippen LogP contribution >= 0.6 is 0 Å². The summed E-state index contributed by atoms with van der Waals surface area (Å²) in [6.45, 7) is 5.14. The average molecular weight is 290 g/mol. The Morgan fingerprint density at radius 3 is 2.43 bits per heavy atom. The molecule has 1 unspecified atom stereocenters. The van der Waals surface area contributed by atoms with Crippen LogP contribution in [0.25, 0.3) is 0 Å². The lowest BCUT2D eigenvalue weighted by Crippen LogP contribution is -2.22. The number of urea groups is 1. The van der Waals surface area contributed by atoms with E-state index in [-0.39, 0.29) is 5.91 Å². The first-order chi connectivity index (χ1) is 10.1. The molecule has 1 fully saturated rings. The third-order valence-corrected chi connectivity index (χ3v) is 3.43. The van der Waals surface area contributed by atoms with E-state index in [0.717, 1.165) is 23.7 Å². The van der Waals surface area contributed by atoms with Crippen molar-refractivity contribution < 1.29 is 14.3 Å². The fraction of sp³-hybridized carbons (Fsp3) is 0.500. The first-order valence-electron chi connectivity index (χ1n) is 7.40. The number of imide groups is 1. The largest absolute Gasteiger partial charge is 0.494 e. The summed E-state index contributed by atoms with van der Waals surface area (Å²) in [5.74, 6) is 1.20. The molecule has 2 rings (SSSR count). The number of hydrogen-bond donors (Lipinski definition) is 2. The Labute approximate surface area is 125 Å². The van der Waals surface area contributed by atoms with Gasteiger partial charge in [0.25, 0.3) is 5.91 Å². The van der Waals surface area contributed by atoms with Crippen LogP contribution < -0.4 is 15.4 Å². The highest BCUT2D eigenvalue weighted by molar-refractivity contribution is 6.04. The van der Waals surface area contributed by atoms with E-state index in [4.69, 9.17) is 4.74 Å². The summed E-state index contributed by atoms with van der Waals surface area (Å²) in [4.78, 5) is 22.6. The number of carbonyl (C=O) groups excluding carboxylic acids is 2. The summed E-state index contributed by atoms with van der Waals surface area (Å²) >= 11 is 0. The highest BCUT2D eigenvalue weighted by Crippen LogP contribution is 2.20. The molecule has 3 amide bonds. The highest BCUT2D eigenvalue weighted by atomic mass is 16.5. The van der Waals surface area contributed by atoms with E-state index >= 15 is 0 Å². The van der Waals surface area contributed by atoms with Crippen LogP contribution in [0.3, 0.4) is 0 Å². The van der Waals surface area contributed by atoms with Crippen LogP contribution in [0.2, 0.25) is 0 Å². The minimum absolute atomic E-state index is 0.317. The molecule has 21 heavy (non-hydrogen) atoms. The van der Waals surface area contributed by atoms with Gasteiger partial charge in [-0.15, -0.1) is 0 Å². The maximum Gasteiger partial charge on any atom is 0.322 e. The van der Waals surface area contributed by atoms with Crippen molar-refractivity contribution in [1.29, 1.82) is 0 Å². The van der Waals surface area contributed by atoms with Crippen LogP contribution in [0.15, 0.2) is 24.3 Å². The van der Waals surface area contributed by atoms with Gasteiger partial charge in [-0.2, -0.15) is 0 Å². The van der Waals surface area contributed by atoms with Crippen molar-refractivity contribution in [1.82, 2.24) is 10.6 Å². The molecule has 0 spiro atoms. The van der Waals surface area contributed by atoms with Crippen molar-refractivity contribution in [2.45, 2.75) is 39.2 Å². The quantitative estimate of drug-likeness (QED) is 0.599. The number of unbranched alkanes of at least 4 members (excludes halogenated alkanes) is 1. The molecule has 1 saturated heterocycles. The zero-order valence-electron chi connectivity index (χ0n) is 12.5. The van der Waals surface area contributed by atoms with E-state index in [0.29, 0.717) is 6.61 Å². The second kappa shape index (κ2) is 7.11. The van der Waals surface area contributed by atoms with E-state index in [1.165, 1.54) is 12.8 Å². The molecule has 1 aromatic carbocycles. The number of ether oxygens (including phenoxy) is 1. The summed E-state index contributed by atoms with van der Waals surface area (Å²) in [5.41, 5.74) is 0.755. The molecule has 0 bridgehead atoms. The molecule has 114 valence electrons. The monoisotopic (exact) mass is 290 g/mol. The second-order valence-corrected chi connectivity index (χ2v) is 5.70. The molecule has 0 aliphatic carbocycles. The summed E-state index contributed by atoms with van der Waals surface area (Å²) in [6, 6.07) is 6.22. The lowest BCUT2D eigenvalue weighted by atomic mass is 10.1. The Morgan fingerprint density at radius 1 is 1.14 bits per heavy atom. The minimum Gasteiger partial charge on any atom is -0.494 e. The number of rotatable bonds is 7. The minimum atomic E-state index is -0.599. The molecule has 2 N–H and O–H groups in total. The van der Waals surface area contributed by atoms with Gasteiger partial charge in [0, 0.05) is 0 Å². The summed E-state index contributed by atoms with van der Waals surface area (Å²) < 4.78 is 5.67. The first kappa shape index (κ1) is 15.4. The van der Waals surface area contributed by atoms with Gasteiger partial charge in [-0.3, -0.25) is 10.1 Å². The molecule has 1 aliphatic heterocycles. The van der Waals surface area contributed by atoms with Gasteiger partial charge in [0.15, 0.2) is 0 Å². The molecule has 5 heteroatoms. The molecule has 1 aromatic rings. The van der Waals surface area contributed by atoms with E-state index in [1.54, 1.807) is 12.1 Å². The molecule has 1 heterocycles. The normalized spacial score (nSPS) is 17.8. The van der Waals surface area contributed by atoms with Crippen molar-refractivity contribution in [3.05, 3.63) is 29.8 Å². The van der Waals surface area contributed by atoms with Gasteiger partial charge in [-0.05, 0) is 36.5 Å². The topological polar surface area (TPSA) is 67.4 Å². The van der Waals surface area contributed by atoms with Crippen molar-refractivity contribution in [3.8, 4) is 5.75 Å². The van der Waals surface area contributed by atoms with Crippen molar-refractivity contribution in [2.24, 2.45) is 5.92 Å². The van der Waals surface area contributed by atoms with Gasteiger partial charge in [0.1, 0.15) is 11.8 Å². The lowest BCUT2D eigenvalue weighted by molar-refractivity contribution is -0.120. The van der Waals surface area contributed by atoms with Gasteiger partial charge in [0.05, 0.1) is 6.61 Å². The Kier molecular flexibility index (Phi) is 5.20. The number of amides is 3. The number of benzene rings is 1. The van der Waals surface area contributed by atoms with E-state index in [9.17, 15) is 9.59 Å².